The normalized spacial score (nSPS) is 12.4. The molecule has 1 aromatic rings. The van der Waals surface area contributed by atoms with E-state index in [1.165, 1.54) is 12.1 Å². The summed E-state index contributed by atoms with van der Waals surface area (Å²) in [4.78, 5) is 0. The van der Waals surface area contributed by atoms with Crippen LogP contribution in [0, 0.1) is 0 Å². The lowest BCUT2D eigenvalue weighted by Gasteiger charge is -2.11. The molecule has 0 aliphatic heterocycles. The third-order valence-corrected chi connectivity index (χ3v) is 1.94. The maximum atomic E-state index is 9.21. The lowest BCUT2D eigenvalue weighted by atomic mass is 10.0. The number of benzene rings is 1. The zero-order chi connectivity index (χ0) is 10.7. The molecule has 0 aliphatic carbocycles. The molecule has 0 aromatic heterocycles. The lowest BCUT2D eigenvalue weighted by molar-refractivity contribution is 0.366. The fraction of sp³-hybridized carbons (Fsp3) is 0.200. The largest absolute Gasteiger partial charge is 0.504 e. The van der Waals surface area contributed by atoms with E-state index in [-0.39, 0.29) is 17.5 Å². The second kappa shape index (κ2) is 4.02. The van der Waals surface area contributed by atoms with Crippen molar-refractivity contribution in [1.29, 1.82) is 0 Å². The van der Waals surface area contributed by atoms with Crippen LogP contribution < -0.4 is 5.73 Å². The molecule has 14 heavy (non-hydrogen) atoms. The van der Waals surface area contributed by atoms with Gasteiger partial charge in [-0.25, -0.2) is 0 Å². The van der Waals surface area contributed by atoms with Crippen LogP contribution in [0.4, 0.5) is 0 Å². The van der Waals surface area contributed by atoms with Crippen LogP contribution in [0.2, 0.25) is 0 Å². The highest BCUT2D eigenvalue weighted by Crippen LogP contribution is 2.37. The van der Waals surface area contributed by atoms with Crippen LogP contribution in [0.25, 0.3) is 0 Å². The molecule has 0 unspecified atom stereocenters. The Morgan fingerprint density at radius 1 is 1.29 bits per heavy atom. The molecule has 0 aliphatic rings. The molecular formula is C10H13NO3. The zero-order valence-corrected chi connectivity index (χ0v) is 7.64. The van der Waals surface area contributed by atoms with Crippen molar-refractivity contribution in [2.75, 3.05) is 0 Å². The van der Waals surface area contributed by atoms with Gasteiger partial charge in [-0.05, 0) is 24.1 Å². The van der Waals surface area contributed by atoms with Gasteiger partial charge in [0.05, 0.1) is 0 Å². The van der Waals surface area contributed by atoms with Gasteiger partial charge >= 0.3 is 0 Å². The van der Waals surface area contributed by atoms with E-state index < -0.39 is 5.75 Å². The number of aromatic hydroxyl groups is 3. The summed E-state index contributed by atoms with van der Waals surface area (Å²) in [5.41, 5.74) is 6.27. The van der Waals surface area contributed by atoms with Gasteiger partial charge in [-0.3, -0.25) is 0 Å². The van der Waals surface area contributed by atoms with Crippen molar-refractivity contribution in [2.45, 2.75) is 12.5 Å². The smallest absolute Gasteiger partial charge is 0.200 e. The second-order valence-corrected chi connectivity index (χ2v) is 3.04. The molecule has 1 aromatic carbocycles. The van der Waals surface area contributed by atoms with Crippen LogP contribution in [0.15, 0.2) is 24.8 Å². The Balaban J connectivity index is 3.05. The molecule has 0 fully saturated rings. The van der Waals surface area contributed by atoms with E-state index in [0.717, 1.165) is 0 Å². The van der Waals surface area contributed by atoms with Gasteiger partial charge < -0.3 is 21.1 Å². The molecule has 0 radical (unpaired) electrons. The third-order valence-electron chi connectivity index (χ3n) is 1.94. The van der Waals surface area contributed by atoms with Gasteiger partial charge in [0.25, 0.3) is 0 Å². The monoisotopic (exact) mass is 195 g/mol. The van der Waals surface area contributed by atoms with Gasteiger partial charge in [-0.2, -0.15) is 0 Å². The summed E-state index contributed by atoms with van der Waals surface area (Å²) in [6.07, 6.45) is 2.18. The predicted molar refractivity (Wildman–Crippen MR) is 53.2 cm³/mol. The topological polar surface area (TPSA) is 86.7 Å². The highest BCUT2D eigenvalue weighted by molar-refractivity contribution is 5.51. The first kappa shape index (κ1) is 10.4. The van der Waals surface area contributed by atoms with Crippen molar-refractivity contribution >= 4 is 0 Å². The third kappa shape index (κ3) is 1.97. The van der Waals surface area contributed by atoms with Gasteiger partial charge in [0.1, 0.15) is 0 Å². The standard InChI is InChI=1S/C10H13NO3/c1-2-3-7(11)6-4-8(12)10(14)9(13)5-6/h2,4-5,7,12-14H,1,3,11H2/t7-/m1/s1. The molecular weight excluding hydrogens is 182 g/mol. The Morgan fingerprint density at radius 3 is 2.21 bits per heavy atom. The van der Waals surface area contributed by atoms with E-state index in [4.69, 9.17) is 10.8 Å². The van der Waals surface area contributed by atoms with E-state index in [2.05, 4.69) is 6.58 Å². The van der Waals surface area contributed by atoms with Gasteiger partial charge in [0.2, 0.25) is 0 Å². The van der Waals surface area contributed by atoms with Crippen molar-refractivity contribution in [2.24, 2.45) is 5.73 Å². The number of phenols is 3. The van der Waals surface area contributed by atoms with Gasteiger partial charge in [0.15, 0.2) is 17.2 Å². The number of nitrogens with two attached hydrogens (primary N) is 1. The number of rotatable bonds is 3. The predicted octanol–water partition coefficient (Wildman–Crippen LogP) is 1.38. The molecule has 4 nitrogen and oxygen atoms in total. The zero-order valence-electron chi connectivity index (χ0n) is 7.64. The first-order valence-electron chi connectivity index (χ1n) is 4.17. The molecule has 0 spiro atoms. The molecule has 4 heteroatoms. The fourth-order valence-corrected chi connectivity index (χ4v) is 1.16. The van der Waals surface area contributed by atoms with Gasteiger partial charge in [-0.15, -0.1) is 6.58 Å². The van der Waals surface area contributed by atoms with Gasteiger partial charge in [0, 0.05) is 6.04 Å². The Morgan fingerprint density at radius 2 is 1.79 bits per heavy atom. The van der Waals surface area contributed by atoms with E-state index in [1.807, 2.05) is 0 Å². The number of hydrogen-bond acceptors (Lipinski definition) is 4. The minimum absolute atomic E-state index is 0.343. The number of hydrogen-bond donors (Lipinski definition) is 4. The fourth-order valence-electron chi connectivity index (χ4n) is 1.16. The molecule has 1 atom stereocenters. The molecule has 0 saturated carbocycles. The lowest BCUT2D eigenvalue weighted by Crippen LogP contribution is -2.08. The molecule has 0 heterocycles. The molecule has 76 valence electrons. The highest BCUT2D eigenvalue weighted by atomic mass is 16.3. The average Bonchev–Trinajstić information content (AvgIpc) is 2.13. The minimum Gasteiger partial charge on any atom is -0.504 e. The highest BCUT2D eigenvalue weighted by Gasteiger charge is 2.11. The molecule has 0 saturated heterocycles. The van der Waals surface area contributed by atoms with Crippen molar-refractivity contribution in [3.05, 3.63) is 30.4 Å². The summed E-state index contributed by atoms with van der Waals surface area (Å²) in [6, 6.07) is 2.30. The minimum atomic E-state index is -0.528. The van der Waals surface area contributed by atoms with Crippen LogP contribution >= 0.6 is 0 Å². The van der Waals surface area contributed by atoms with E-state index in [1.54, 1.807) is 6.08 Å². The van der Waals surface area contributed by atoms with Crippen molar-refractivity contribution < 1.29 is 15.3 Å². The SMILES string of the molecule is C=CC[C@@H](N)c1cc(O)c(O)c(O)c1. The average molecular weight is 195 g/mol. The maximum absolute atomic E-state index is 9.21. The molecule has 1 rings (SSSR count). The van der Waals surface area contributed by atoms with Crippen molar-refractivity contribution in [3.63, 3.8) is 0 Å². The van der Waals surface area contributed by atoms with Crippen molar-refractivity contribution in [3.8, 4) is 17.2 Å². The summed E-state index contributed by atoms with van der Waals surface area (Å²) in [6.45, 7) is 3.53. The maximum Gasteiger partial charge on any atom is 0.200 e. The van der Waals surface area contributed by atoms with Crippen LogP contribution in [-0.2, 0) is 0 Å². The quantitative estimate of drug-likeness (QED) is 0.433. The Hall–Kier alpha value is -1.68. The summed E-state index contributed by atoms with van der Waals surface area (Å²) < 4.78 is 0. The van der Waals surface area contributed by atoms with E-state index in [9.17, 15) is 10.2 Å². The molecule has 5 N–H and O–H groups in total. The van der Waals surface area contributed by atoms with Crippen LogP contribution in [0.3, 0.4) is 0 Å². The summed E-state index contributed by atoms with van der Waals surface area (Å²) in [7, 11) is 0. The van der Waals surface area contributed by atoms with E-state index in [0.29, 0.717) is 12.0 Å². The molecule has 0 bridgehead atoms. The van der Waals surface area contributed by atoms with Crippen LogP contribution in [0.5, 0.6) is 17.2 Å². The second-order valence-electron chi connectivity index (χ2n) is 3.04. The first-order chi connectivity index (χ1) is 6.56. The molecule has 0 amide bonds. The first-order valence-corrected chi connectivity index (χ1v) is 4.17. The Kier molecular flexibility index (Phi) is 2.99. The Labute approximate surface area is 81.9 Å². The summed E-state index contributed by atoms with van der Waals surface area (Å²) in [5.74, 6) is -1.28. The van der Waals surface area contributed by atoms with Crippen LogP contribution in [-0.4, -0.2) is 15.3 Å². The number of phenolic OH excluding ortho intramolecular Hbond substituents is 3. The summed E-state index contributed by atoms with van der Waals surface area (Å²) in [5, 5.41) is 27.5. The summed E-state index contributed by atoms with van der Waals surface area (Å²) >= 11 is 0. The van der Waals surface area contributed by atoms with E-state index >= 15 is 0 Å². The van der Waals surface area contributed by atoms with Gasteiger partial charge in [-0.1, -0.05) is 6.08 Å². The Bertz CT molecular complexity index is 326. The van der Waals surface area contributed by atoms with Crippen LogP contribution in [0.1, 0.15) is 18.0 Å². The van der Waals surface area contributed by atoms with Crippen molar-refractivity contribution in [1.82, 2.24) is 0 Å².